The van der Waals surface area contributed by atoms with Crippen molar-refractivity contribution >= 4 is 17.6 Å². The number of aromatic carboxylic acids is 1. The van der Waals surface area contributed by atoms with Crippen LogP contribution in [0.25, 0.3) is 0 Å². The van der Waals surface area contributed by atoms with Crippen molar-refractivity contribution in [3.05, 3.63) is 70.7 Å². The summed E-state index contributed by atoms with van der Waals surface area (Å²) in [4.78, 5) is 10.1. The topological polar surface area (TPSA) is 67.8 Å². The van der Waals surface area contributed by atoms with Crippen LogP contribution >= 0.6 is 11.6 Å². The van der Waals surface area contributed by atoms with Crippen molar-refractivity contribution in [2.45, 2.75) is 13.0 Å². The molecular formula is C15H16ClNO2. The van der Waals surface area contributed by atoms with E-state index >= 15 is 0 Å². The van der Waals surface area contributed by atoms with Gasteiger partial charge in [-0.2, -0.15) is 24.3 Å². The molecule has 2 rings (SSSR count). The molecule has 2 aromatic carbocycles. The van der Waals surface area contributed by atoms with Crippen LogP contribution in [0.4, 0.5) is 0 Å². The summed E-state index contributed by atoms with van der Waals surface area (Å²) in [7, 11) is 0. The minimum Gasteiger partial charge on any atom is -0.559 e. The minimum atomic E-state index is -1.21. The average molecular weight is 278 g/mol. The molecule has 3 nitrogen and oxygen atoms in total. The molecule has 100 valence electrons. The van der Waals surface area contributed by atoms with Gasteiger partial charge in [-0.3, -0.25) is 0 Å². The Kier molecular flexibility index (Phi) is 6.06. The van der Waals surface area contributed by atoms with Gasteiger partial charge in [0.15, 0.2) is 0 Å². The Morgan fingerprint density at radius 1 is 1.32 bits per heavy atom. The lowest BCUT2D eigenvalue weighted by atomic mass is 10.1. The molecule has 3 N–H and O–H groups in total. The smallest absolute Gasteiger partial charge is 0.559 e. The molecule has 0 fully saturated rings. The molecule has 0 amide bonds. The van der Waals surface area contributed by atoms with Gasteiger partial charge in [0, 0.05) is 11.5 Å². The zero-order chi connectivity index (χ0) is 14.3. The summed E-state index contributed by atoms with van der Waals surface area (Å²) < 4.78 is 0. The Labute approximate surface area is 119 Å². The van der Waals surface area contributed by atoms with Gasteiger partial charge in [0.25, 0.3) is 0 Å². The van der Waals surface area contributed by atoms with E-state index in [0.29, 0.717) is 11.1 Å². The highest BCUT2D eigenvalue weighted by Gasteiger charge is 1.97. The fraction of sp³-hybridized carbons (Fsp3) is 0.133. The summed E-state index contributed by atoms with van der Waals surface area (Å²) in [6, 6.07) is 17.3. The molecule has 0 aliphatic rings. The Balaban J connectivity index is 0.000000345. The van der Waals surface area contributed by atoms with E-state index in [0.717, 1.165) is 0 Å². The first-order chi connectivity index (χ1) is 9.00. The largest absolute Gasteiger partial charge is 1.00 e. The van der Waals surface area contributed by atoms with Crippen LogP contribution in [0.1, 0.15) is 30.3 Å². The van der Waals surface area contributed by atoms with Crippen molar-refractivity contribution in [3.8, 4) is 0 Å². The standard InChI is InChI=1S/C8H11N.C7H4ClO2/c1-7(9)8-5-3-2-4-6-8;8-6-3-1-5(2-4-6)7(9)10/h2-7H,9H2,1H3;1-3H,(H,9,10)/q;-1/p+1/t7-;/m1./s1. The molecule has 19 heavy (non-hydrogen) atoms. The highest BCUT2D eigenvalue weighted by molar-refractivity contribution is 6.30. The van der Waals surface area contributed by atoms with E-state index in [9.17, 15) is 9.90 Å². The predicted molar refractivity (Wildman–Crippen MR) is 73.5 cm³/mol. The molecule has 0 aliphatic heterocycles. The van der Waals surface area contributed by atoms with Crippen LogP contribution in [0.15, 0.2) is 48.5 Å². The number of halogens is 1. The summed E-state index contributed by atoms with van der Waals surface area (Å²) in [6.07, 6.45) is 0. The summed E-state index contributed by atoms with van der Waals surface area (Å²) in [5.74, 6) is -1.21. The van der Waals surface area contributed by atoms with E-state index in [2.05, 4.69) is 30.9 Å². The van der Waals surface area contributed by atoms with Gasteiger partial charge in [-0.25, -0.2) is 0 Å². The number of hydrogen-bond acceptors (Lipinski definition) is 2. The van der Waals surface area contributed by atoms with Crippen molar-refractivity contribution in [1.82, 2.24) is 0 Å². The SMILES string of the molecule is C[C@@H]([NH3+])c1ccccc1.O=C([O-])c1c[c-]c(Cl)cc1.[H+]. The van der Waals surface area contributed by atoms with Crippen molar-refractivity contribution in [2.75, 3.05) is 0 Å². The van der Waals surface area contributed by atoms with Crippen LogP contribution < -0.4 is 10.8 Å². The first kappa shape index (κ1) is 15.2. The van der Waals surface area contributed by atoms with Gasteiger partial charge in [-0.05, 0) is 6.92 Å². The van der Waals surface area contributed by atoms with Gasteiger partial charge in [-0.15, -0.1) is 17.2 Å². The number of carbonyl (C=O) groups excluding carboxylic acids is 1. The van der Waals surface area contributed by atoms with Crippen LogP contribution in [-0.4, -0.2) is 5.97 Å². The van der Waals surface area contributed by atoms with Crippen molar-refractivity contribution in [3.63, 3.8) is 0 Å². The van der Waals surface area contributed by atoms with E-state index in [1.54, 1.807) is 0 Å². The summed E-state index contributed by atoms with van der Waals surface area (Å²) >= 11 is 5.45. The third-order valence-corrected chi connectivity index (χ3v) is 2.61. The van der Waals surface area contributed by atoms with Crippen LogP contribution in [-0.2, 0) is 0 Å². The monoisotopic (exact) mass is 277 g/mol. The molecular weight excluding hydrogens is 262 g/mol. The lowest BCUT2D eigenvalue weighted by Crippen LogP contribution is -2.51. The zero-order valence-electron chi connectivity index (χ0n) is 11.6. The molecule has 0 aromatic heterocycles. The Bertz CT molecular complexity index is 515. The maximum atomic E-state index is 10.1. The third kappa shape index (κ3) is 5.55. The van der Waals surface area contributed by atoms with Crippen LogP contribution in [0.5, 0.6) is 0 Å². The number of carboxylic acids is 1. The van der Waals surface area contributed by atoms with Crippen molar-refractivity contribution < 1.29 is 17.1 Å². The summed E-state index contributed by atoms with van der Waals surface area (Å²) in [5.41, 5.74) is 5.30. The van der Waals surface area contributed by atoms with E-state index < -0.39 is 5.97 Å². The zero-order valence-corrected chi connectivity index (χ0v) is 11.4. The average Bonchev–Trinajstić information content (AvgIpc) is 2.41. The Morgan fingerprint density at radius 2 is 1.95 bits per heavy atom. The molecule has 0 radical (unpaired) electrons. The van der Waals surface area contributed by atoms with E-state index in [1.807, 2.05) is 18.2 Å². The minimum absolute atomic E-state index is 0. The molecule has 0 heterocycles. The molecule has 0 unspecified atom stereocenters. The van der Waals surface area contributed by atoms with E-state index in [1.165, 1.54) is 23.8 Å². The maximum absolute atomic E-state index is 10.1. The van der Waals surface area contributed by atoms with Crippen LogP contribution in [0, 0.1) is 6.07 Å². The van der Waals surface area contributed by atoms with Gasteiger partial charge in [0.1, 0.15) is 6.04 Å². The quantitative estimate of drug-likeness (QED) is 0.848. The lowest BCUT2D eigenvalue weighted by Gasteiger charge is -2.07. The van der Waals surface area contributed by atoms with Crippen LogP contribution in [0.3, 0.4) is 0 Å². The van der Waals surface area contributed by atoms with Gasteiger partial charge in [-0.1, -0.05) is 35.4 Å². The van der Waals surface area contributed by atoms with Gasteiger partial charge >= 0.3 is 1.43 Å². The first-order valence-corrected chi connectivity index (χ1v) is 6.15. The number of quaternary nitrogens is 1. The Morgan fingerprint density at radius 3 is 2.32 bits per heavy atom. The molecule has 4 heteroatoms. The number of benzene rings is 2. The first-order valence-electron chi connectivity index (χ1n) is 5.77. The fourth-order valence-corrected chi connectivity index (χ4v) is 1.43. The summed E-state index contributed by atoms with van der Waals surface area (Å²) in [5, 5.41) is 10.5. The molecule has 0 bridgehead atoms. The molecule has 0 spiro atoms. The second-order valence-electron chi connectivity index (χ2n) is 4.02. The normalized spacial score (nSPS) is 11.1. The van der Waals surface area contributed by atoms with Gasteiger partial charge in [0.05, 0.1) is 0 Å². The number of rotatable bonds is 2. The summed E-state index contributed by atoms with van der Waals surface area (Å²) in [6.45, 7) is 2.09. The van der Waals surface area contributed by atoms with E-state index in [4.69, 9.17) is 11.6 Å². The van der Waals surface area contributed by atoms with Crippen molar-refractivity contribution in [1.29, 1.82) is 0 Å². The molecule has 0 aliphatic carbocycles. The number of carboxylic acid groups (broad SMARTS) is 1. The third-order valence-electron chi connectivity index (χ3n) is 2.38. The van der Waals surface area contributed by atoms with Gasteiger partial charge < -0.3 is 15.6 Å². The van der Waals surface area contributed by atoms with Crippen molar-refractivity contribution in [2.24, 2.45) is 0 Å². The van der Waals surface area contributed by atoms with Crippen LogP contribution in [0.2, 0.25) is 5.02 Å². The number of hydrogen-bond donors (Lipinski definition) is 1. The molecule has 0 saturated carbocycles. The molecule has 1 atom stereocenters. The van der Waals surface area contributed by atoms with E-state index in [-0.39, 0.29) is 6.99 Å². The highest BCUT2D eigenvalue weighted by atomic mass is 35.5. The second-order valence-corrected chi connectivity index (χ2v) is 4.43. The number of carbonyl (C=O) groups is 1. The molecule has 2 aromatic rings. The highest BCUT2D eigenvalue weighted by Crippen LogP contribution is 2.07. The second kappa shape index (κ2) is 7.56. The maximum Gasteiger partial charge on any atom is 1.00 e. The predicted octanol–water partition coefficient (Wildman–Crippen LogP) is 1.61. The fourth-order valence-electron chi connectivity index (χ4n) is 1.31. The Hall–Kier alpha value is -1.84. The molecule has 0 saturated heterocycles. The van der Waals surface area contributed by atoms with Gasteiger partial charge in [0.2, 0.25) is 0 Å². The lowest BCUT2D eigenvalue weighted by molar-refractivity contribution is -0.420.